The summed E-state index contributed by atoms with van der Waals surface area (Å²) in [4.78, 5) is 11.2. The number of ether oxygens (including phenoxy) is 1. The van der Waals surface area contributed by atoms with Crippen LogP contribution >= 0.6 is 23.2 Å². The smallest absolute Gasteiger partial charge is 0.337 e. The molecular weight excluding hydrogens is 452 g/mol. The molecule has 0 aliphatic rings. The van der Waals surface area contributed by atoms with Gasteiger partial charge in [0.1, 0.15) is 18.2 Å². The molecule has 7 heteroatoms. The zero-order valence-electron chi connectivity index (χ0n) is 16.7. The summed E-state index contributed by atoms with van der Waals surface area (Å²) < 4.78 is 19.4. The number of anilines is 1. The molecular formula is C25H18Cl2FNO3. The third-order valence-electron chi connectivity index (χ3n) is 5.06. The number of aromatic carboxylic acids is 1. The lowest BCUT2D eigenvalue weighted by atomic mass is 10.0. The molecule has 4 rings (SSSR count). The molecule has 0 atom stereocenters. The molecule has 0 saturated carbocycles. The van der Waals surface area contributed by atoms with Crippen LogP contribution in [0, 0.1) is 5.82 Å². The van der Waals surface area contributed by atoms with Gasteiger partial charge >= 0.3 is 5.97 Å². The average Bonchev–Trinajstić information content (AvgIpc) is 2.77. The molecule has 0 unspecified atom stereocenters. The highest BCUT2D eigenvalue weighted by molar-refractivity contribution is 6.33. The van der Waals surface area contributed by atoms with Gasteiger partial charge in [0, 0.05) is 23.4 Å². The lowest BCUT2D eigenvalue weighted by Gasteiger charge is -2.16. The van der Waals surface area contributed by atoms with E-state index in [4.69, 9.17) is 33.0 Å². The van der Waals surface area contributed by atoms with E-state index in [0.29, 0.717) is 28.6 Å². The van der Waals surface area contributed by atoms with Crippen LogP contribution in [0.4, 0.5) is 10.1 Å². The maximum absolute atomic E-state index is 13.3. The van der Waals surface area contributed by atoms with Crippen molar-refractivity contribution in [3.8, 4) is 5.75 Å². The summed E-state index contributed by atoms with van der Waals surface area (Å²) in [7, 11) is 0. The number of carbonyl (C=O) groups is 1. The van der Waals surface area contributed by atoms with E-state index in [0.717, 1.165) is 16.3 Å². The van der Waals surface area contributed by atoms with Crippen molar-refractivity contribution in [2.24, 2.45) is 0 Å². The fourth-order valence-corrected chi connectivity index (χ4v) is 3.90. The molecule has 0 radical (unpaired) electrons. The fourth-order valence-electron chi connectivity index (χ4n) is 3.42. The Morgan fingerprint density at radius 2 is 1.78 bits per heavy atom. The minimum absolute atomic E-state index is 0.0441. The van der Waals surface area contributed by atoms with Crippen molar-refractivity contribution in [1.82, 2.24) is 0 Å². The summed E-state index contributed by atoms with van der Waals surface area (Å²) in [5, 5.41) is 15.0. The minimum atomic E-state index is -1.08. The third kappa shape index (κ3) is 4.79. The van der Waals surface area contributed by atoms with Crippen molar-refractivity contribution in [3.05, 3.63) is 105 Å². The second kappa shape index (κ2) is 9.47. The number of carboxylic acid groups (broad SMARTS) is 1. The first-order valence-electron chi connectivity index (χ1n) is 9.76. The molecule has 4 aromatic rings. The Bertz CT molecular complexity index is 1310. The van der Waals surface area contributed by atoms with Gasteiger partial charge in [-0.3, -0.25) is 0 Å². The molecule has 0 amide bonds. The van der Waals surface area contributed by atoms with Crippen LogP contribution < -0.4 is 10.1 Å². The highest BCUT2D eigenvalue weighted by Gasteiger charge is 2.12. The molecule has 162 valence electrons. The Labute approximate surface area is 194 Å². The van der Waals surface area contributed by atoms with Gasteiger partial charge in [-0.1, -0.05) is 59.6 Å². The summed E-state index contributed by atoms with van der Waals surface area (Å²) in [6.45, 7) is 0.597. The van der Waals surface area contributed by atoms with E-state index < -0.39 is 11.8 Å². The van der Waals surface area contributed by atoms with Crippen molar-refractivity contribution >= 4 is 45.6 Å². The Balaban J connectivity index is 1.61. The number of hydrogen-bond acceptors (Lipinski definition) is 3. The van der Waals surface area contributed by atoms with E-state index >= 15 is 0 Å². The molecule has 0 aromatic heterocycles. The van der Waals surface area contributed by atoms with Gasteiger partial charge in [-0.05, 0) is 47.2 Å². The molecule has 0 saturated heterocycles. The predicted octanol–water partition coefficient (Wildman–Crippen LogP) is 7.18. The van der Waals surface area contributed by atoms with Crippen molar-refractivity contribution in [1.29, 1.82) is 0 Å². The van der Waals surface area contributed by atoms with E-state index in [2.05, 4.69) is 5.32 Å². The maximum atomic E-state index is 13.3. The van der Waals surface area contributed by atoms with Crippen LogP contribution in [0.5, 0.6) is 5.75 Å². The number of nitrogens with one attached hydrogen (secondary N) is 1. The van der Waals surface area contributed by atoms with Gasteiger partial charge in [-0.25, -0.2) is 9.18 Å². The first kappa shape index (κ1) is 21.9. The summed E-state index contributed by atoms with van der Waals surface area (Å²) in [5.41, 5.74) is 2.32. The molecule has 0 spiro atoms. The zero-order chi connectivity index (χ0) is 22.7. The van der Waals surface area contributed by atoms with Gasteiger partial charge in [0.15, 0.2) is 0 Å². The third-order valence-corrected chi connectivity index (χ3v) is 5.73. The van der Waals surface area contributed by atoms with Crippen LogP contribution in [0.1, 0.15) is 21.5 Å². The lowest BCUT2D eigenvalue weighted by Crippen LogP contribution is -2.06. The van der Waals surface area contributed by atoms with Crippen LogP contribution in [-0.4, -0.2) is 11.1 Å². The van der Waals surface area contributed by atoms with Gasteiger partial charge in [-0.15, -0.1) is 0 Å². The largest absolute Gasteiger partial charge is 0.488 e. The highest BCUT2D eigenvalue weighted by Crippen LogP contribution is 2.31. The number of rotatable bonds is 7. The first-order chi connectivity index (χ1) is 15.4. The summed E-state index contributed by atoms with van der Waals surface area (Å²) in [6.07, 6.45) is 0. The first-order valence-corrected chi connectivity index (χ1v) is 10.5. The van der Waals surface area contributed by atoms with Crippen molar-refractivity contribution in [2.75, 3.05) is 5.32 Å². The molecule has 32 heavy (non-hydrogen) atoms. The molecule has 4 aromatic carbocycles. The summed E-state index contributed by atoms with van der Waals surface area (Å²) in [5.74, 6) is -0.822. The maximum Gasteiger partial charge on any atom is 0.337 e. The van der Waals surface area contributed by atoms with E-state index in [1.165, 1.54) is 18.2 Å². The number of benzene rings is 4. The minimum Gasteiger partial charge on any atom is -0.488 e. The Morgan fingerprint density at radius 3 is 2.53 bits per heavy atom. The topological polar surface area (TPSA) is 58.6 Å². The van der Waals surface area contributed by atoms with E-state index in [1.54, 1.807) is 18.2 Å². The Hall–Kier alpha value is -3.28. The van der Waals surface area contributed by atoms with Gasteiger partial charge < -0.3 is 15.2 Å². The number of hydrogen-bond donors (Lipinski definition) is 2. The molecule has 0 heterocycles. The van der Waals surface area contributed by atoms with Crippen LogP contribution in [0.2, 0.25) is 10.0 Å². The van der Waals surface area contributed by atoms with Gasteiger partial charge in [0.25, 0.3) is 0 Å². The van der Waals surface area contributed by atoms with Crippen LogP contribution in [0.3, 0.4) is 0 Å². The fraction of sp³-hybridized carbons (Fsp3) is 0.0800. The second-order valence-electron chi connectivity index (χ2n) is 7.14. The highest BCUT2D eigenvalue weighted by atomic mass is 35.5. The van der Waals surface area contributed by atoms with Gasteiger partial charge in [0.05, 0.1) is 15.6 Å². The van der Waals surface area contributed by atoms with Crippen LogP contribution in [-0.2, 0) is 13.2 Å². The monoisotopic (exact) mass is 469 g/mol. The van der Waals surface area contributed by atoms with Crippen LogP contribution in [0.25, 0.3) is 10.8 Å². The Morgan fingerprint density at radius 1 is 0.969 bits per heavy atom. The summed E-state index contributed by atoms with van der Waals surface area (Å²) >= 11 is 12.2. The number of halogens is 3. The van der Waals surface area contributed by atoms with Gasteiger partial charge in [0.2, 0.25) is 0 Å². The molecule has 0 aliphatic heterocycles. The number of fused-ring (bicyclic) bond motifs is 1. The van der Waals surface area contributed by atoms with E-state index in [1.807, 2.05) is 36.4 Å². The van der Waals surface area contributed by atoms with Crippen LogP contribution in [0.15, 0.2) is 72.8 Å². The van der Waals surface area contributed by atoms with Crippen molar-refractivity contribution in [3.63, 3.8) is 0 Å². The standard InChI is InChI=1S/C25H18Cl2FNO3/c26-22-11-17(28)7-5-16(22)14-32-24-10-6-15-3-1-2-4-19(15)21(24)13-29-18-8-9-20(25(30)31)23(27)12-18/h1-12,29H,13-14H2,(H,30,31). The predicted molar refractivity (Wildman–Crippen MR) is 125 cm³/mol. The quantitative estimate of drug-likeness (QED) is 0.301. The molecule has 2 N–H and O–H groups in total. The summed E-state index contributed by atoms with van der Waals surface area (Å²) in [6, 6.07) is 20.7. The molecule has 0 aliphatic carbocycles. The molecule has 0 fully saturated rings. The van der Waals surface area contributed by atoms with E-state index in [-0.39, 0.29) is 17.2 Å². The average molecular weight is 470 g/mol. The SMILES string of the molecule is O=C(O)c1ccc(NCc2c(OCc3ccc(F)cc3Cl)ccc3ccccc23)cc1Cl. The second-order valence-corrected chi connectivity index (χ2v) is 7.96. The van der Waals surface area contributed by atoms with Gasteiger partial charge in [-0.2, -0.15) is 0 Å². The van der Waals surface area contributed by atoms with Crippen molar-refractivity contribution in [2.45, 2.75) is 13.2 Å². The molecule has 0 bridgehead atoms. The van der Waals surface area contributed by atoms with E-state index in [9.17, 15) is 9.18 Å². The Kier molecular flexibility index (Phi) is 6.49. The molecule has 4 nitrogen and oxygen atoms in total. The number of carboxylic acids is 1. The normalized spacial score (nSPS) is 10.8. The zero-order valence-corrected chi connectivity index (χ0v) is 18.3. The van der Waals surface area contributed by atoms with Crippen molar-refractivity contribution < 1.29 is 19.0 Å². The lowest BCUT2D eigenvalue weighted by molar-refractivity contribution is 0.0697.